The Morgan fingerprint density at radius 1 is 0.771 bits per heavy atom. The predicted octanol–water partition coefficient (Wildman–Crippen LogP) is 3.07. The molecule has 1 aromatic carbocycles. The van der Waals surface area contributed by atoms with Crippen molar-refractivity contribution in [2.45, 2.75) is 58.3 Å². The molecule has 35 heavy (non-hydrogen) atoms. The molecule has 2 rings (SSSR count). The molecule has 1 heterocycles. The SMILES string of the molecule is CCCCNCCCCNCCCNCCCNCCCNC(=O)Cc1c[nH]c2ccc(F)cc12. The summed E-state index contributed by atoms with van der Waals surface area (Å²) in [7, 11) is 0. The number of nitrogens with one attached hydrogen (secondary N) is 6. The monoisotopic (exact) mass is 490 g/mol. The van der Waals surface area contributed by atoms with Crippen LogP contribution in [0, 0.1) is 5.82 Å². The summed E-state index contributed by atoms with van der Waals surface area (Å²) in [5.74, 6) is -0.322. The van der Waals surface area contributed by atoms with Crippen LogP contribution in [0.25, 0.3) is 10.9 Å². The minimum absolute atomic E-state index is 0.0340. The molecule has 1 amide bonds. The van der Waals surface area contributed by atoms with E-state index >= 15 is 0 Å². The maximum atomic E-state index is 13.5. The number of carbonyl (C=O) groups excluding carboxylic acids is 1. The highest BCUT2D eigenvalue weighted by Gasteiger charge is 2.09. The summed E-state index contributed by atoms with van der Waals surface area (Å²) in [5, 5.41) is 17.6. The van der Waals surface area contributed by atoms with Crippen molar-refractivity contribution in [3.8, 4) is 0 Å². The van der Waals surface area contributed by atoms with Gasteiger partial charge in [0.2, 0.25) is 5.91 Å². The van der Waals surface area contributed by atoms with E-state index in [-0.39, 0.29) is 18.1 Å². The normalized spacial score (nSPS) is 11.4. The first-order chi connectivity index (χ1) is 17.2. The first-order valence-electron chi connectivity index (χ1n) is 13.6. The van der Waals surface area contributed by atoms with E-state index in [9.17, 15) is 9.18 Å². The van der Waals surface area contributed by atoms with E-state index in [1.807, 2.05) is 0 Å². The maximum Gasteiger partial charge on any atom is 0.224 e. The number of amides is 1. The first kappa shape index (κ1) is 29.2. The highest BCUT2D eigenvalue weighted by Crippen LogP contribution is 2.19. The van der Waals surface area contributed by atoms with Crippen LogP contribution in [0.1, 0.15) is 57.4 Å². The number of benzene rings is 1. The van der Waals surface area contributed by atoms with Crippen LogP contribution in [0.15, 0.2) is 24.4 Å². The van der Waals surface area contributed by atoms with Gasteiger partial charge in [-0.25, -0.2) is 4.39 Å². The largest absolute Gasteiger partial charge is 0.361 e. The van der Waals surface area contributed by atoms with Crippen LogP contribution in [0.3, 0.4) is 0 Å². The van der Waals surface area contributed by atoms with Gasteiger partial charge in [0.1, 0.15) is 5.82 Å². The number of unbranched alkanes of at least 4 members (excludes halogenated alkanes) is 2. The first-order valence-corrected chi connectivity index (χ1v) is 13.6. The smallest absolute Gasteiger partial charge is 0.224 e. The summed E-state index contributed by atoms with van der Waals surface area (Å²) >= 11 is 0. The van der Waals surface area contributed by atoms with Crippen LogP contribution in [0.2, 0.25) is 0 Å². The van der Waals surface area contributed by atoms with Gasteiger partial charge >= 0.3 is 0 Å². The Kier molecular flexibility index (Phi) is 16.1. The molecule has 0 saturated heterocycles. The van der Waals surface area contributed by atoms with Gasteiger partial charge in [-0.05, 0) is 115 Å². The molecule has 0 bridgehead atoms. The van der Waals surface area contributed by atoms with Gasteiger partial charge in [-0.15, -0.1) is 0 Å². The standard InChI is InChI=1S/C27H47FN6O/c1-2-3-11-29-12-4-5-13-30-14-6-15-31-16-7-17-32-18-8-19-33-27(35)20-23-22-34-26-10-9-24(28)21-25(23)26/h9-10,21-22,29-32,34H,2-8,11-20H2,1H3,(H,33,35). The molecule has 0 aliphatic carbocycles. The van der Waals surface area contributed by atoms with Crippen molar-refractivity contribution >= 4 is 16.8 Å². The minimum atomic E-state index is -0.288. The number of aromatic amines is 1. The number of hydrogen-bond acceptors (Lipinski definition) is 5. The Labute approximate surface area is 210 Å². The summed E-state index contributed by atoms with van der Waals surface area (Å²) in [4.78, 5) is 15.3. The number of fused-ring (bicyclic) bond motifs is 1. The zero-order chi connectivity index (χ0) is 25.0. The molecule has 7 nitrogen and oxygen atoms in total. The molecule has 0 aliphatic heterocycles. The van der Waals surface area contributed by atoms with Gasteiger partial charge in [0, 0.05) is 23.6 Å². The van der Waals surface area contributed by atoms with Gasteiger partial charge in [-0.3, -0.25) is 4.79 Å². The average molecular weight is 491 g/mol. The summed E-state index contributed by atoms with van der Waals surface area (Å²) in [6, 6.07) is 4.59. The van der Waals surface area contributed by atoms with E-state index in [2.05, 4.69) is 38.5 Å². The molecule has 0 saturated carbocycles. The lowest BCUT2D eigenvalue weighted by molar-refractivity contribution is -0.120. The Hall–Kier alpha value is -2.00. The molecule has 0 aliphatic rings. The maximum absolute atomic E-state index is 13.5. The molecule has 198 valence electrons. The van der Waals surface area contributed by atoms with Crippen LogP contribution in [0.5, 0.6) is 0 Å². The van der Waals surface area contributed by atoms with Gasteiger partial charge in [0.05, 0.1) is 6.42 Å². The molecule has 0 radical (unpaired) electrons. The number of H-pyrrole nitrogens is 1. The second kappa shape index (κ2) is 19.2. The number of aromatic nitrogens is 1. The van der Waals surface area contributed by atoms with E-state index in [1.165, 1.54) is 37.8 Å². The number of halogens is 1. The quantitative estimate of drug-likeness (QED) is 0.143. The minimum Gasteiger partial charge on any atom is -0.361 e. The van der Waals surface area contributed by atoms with Gasteiger partial charge < -0.3 is 31.6 Å². The van der Waals surface area contributed by atoms with Crippen LogP contribution in [-0.2, 0) is 11.2 Å². The van der Waals surface area contributed by atoms with Crippen molar-refractivity contribution in [1.29, 1.82) is 0 Å². The van der Waals surface area contributed by atoms with Gasteiger partial charge in [0.15, 0.2) is 0 Å². The van der Waals surface area contributed by atoms with Crippen LogP contribution in [-0.4, -0.2) is 69.8 Å². The molecule has 0 spiro atoms. The molecule has 1 aromatic heterocycles. The van der Waals surface area contributed by atoms with Crippen molar-refractivity contribution in [3.63, 3.8) is 0 Å². The fourth-order valence-corrected chi connectivity index (χ4v) is 3.95. The lowest BCUT2D eigenvalue weighted by Gasteiger charge is -2.08. The van der Waals surface area contributed by atoms with E-state index in [0.29, 0.717) is 6.54 Å². The molecular formula is C27H47FN6O. The van der Waals surface area contributed by atoms with E-state index < -0.39 is 0 Å². The van der Waals surface area contributed by atoms with Gasteiger partial charge in [0.25, 0.3) is 0 Å². The Morgan fingerprint density at radius 2 is 1.31 bits per heavy atom. The summed E-state index contributed by atoms with van der Waals surface area (Å²) in [5.41, 5.74) is 1.67. The van der Waals surface area contributed by atoms with Crippen molar-refractivity contribution < 1.29 is 9.18 Å². The van der Waals surface area contributed by atoms with E-state index in [4.69, 9.17) is 0 Å². The number of rotatable bonds is 22. The van der Waals surface area contributed by atoms with Crippen molar-refractivity contribution in [2.75, 3.05) is 58.9 Å². The topological polar surface area (TPSA) is 93.0 Å². The third-order valence-corrected chi connectivity index (χ3v) is 6.01. The van der Waals surface area contributed by atoms with Crippen LogP contribution >= 0.6 is 0 Å². The zero-order valence-corrected chi connectivity index (χ0v) is 21.6. The summed E-state index contributed by atoms with van der Waals surface area (Å²) in [6.07, 6.45) is 10.2. The highest BCUT2D eigenvalue weighted by molar-refractivity contribution is 5.88. The molecule has 0 fully saturated rings. The van der Waals surface area contributed by atoms with Crippen molar-refractivity contribution in [3.05, 3.63) is 35.8 Å². The fourth-order valence-electron chi connectivity index (χ4n) is 3.95. The molecule has 8 heteroatoms. The van der Waals surface area contributed by atoms with Crippen LogP contribution < -0.4 is 26.6 Å². The highest BCUT2D eigenvalue weighted by atomic mass is 19.1. The van der Waals surface area contributed by atoms with Gasteiger partial charge in [-0.1, -0.05) is 13.3 Å². The second-order valence-electron chi connectivity index (χ2n) is 9.15. The molecule has 2 aromatic rings. The summed E-state index contributed by atoms with van der Waals surface area (Å²) < 4.78 is 13.5. The lowest BCUT2D eigenvalue weighted by atomic mass is 10.1. The Bertz CT molecular complexity index is 812. The van der Waals surface area contributed by atoms with E-state index in [0.717, 1.165) is 88.1 Å². The van der Waals surface area contributed by atoms with Crippen LogP contribution in [0.4, 0.5) is 4.39 Å². The average Bonchev–Trinajstić information content (AvgIpc) is 3.24. The van der Waals surface area contributed by atoms with E-state index in [1.54, 1.807) is 12.3 Å². The third-order valence-electron chi connectivity index (χ3n) is 6.01. The summed E-state index contributed by atoms with van der Waals surface area (Å²) in [6.45, 7) is 11.3. The molecule has 6 N–H and O–H groups in total. The fraction of sp³-hybridized carbons (Fsp3) is 0.667. The Morgan fingerprint density at radius 3 is 1.91 bits per heavy atom. The number of carbonyl (C=O) groups is 1. The Balaban J connectivity index is 1.31. The molecular weight excluding hydrogens is 443 g/mol. The second-order valence-corrected chi connectivity index (χ2v) is 9.15. The van der Waals surface area contributed by atoms with Crippen molar-refractivity contribution in [1.82, 2.24) is 31.6 Å². The molecule has 0 atom stereocenters. The zero-order valence-electron chi connectivity index (χ0n) is 21.6. The predicted molar refractivity (Wildman–Crippen MR) is 144 cm³/mol. The van der Waals surface area contributed by atoms with Crippen molar-refractivity contribution in [2.24, 2.45) is 0 Å². The molecule has 0 unspecified atom stereocenters. The lowest BCUT2D eigenvalue weighted by Crippen LogP contribution is -2.29. The number of hydrogen-bond donors (Lipinski definition) is 6. The van der Waals surface area contributed by atoms with Gasteiger partial charge in [-0.2, -0.15) is 0 Å². The third kappa shape index (κ3) is 13.6.